The van der Waals surface area contributed by atoms with Gasteiger partial charge in [0.05, 0.1) is 24.7 Å². The monoisotopic (exact) mass is 490 g/mol. The topological polar surface area (TPSA) is 51.2 Å². The van der Waals surface area contributed by atoms with E-state index < -0.39 is 5.41 Å². The Balaban J connectivity index is 1.29. The highest BCUT2D eigenvalue weighted by Crippen LogP contribution is 2.56. The Morgan fingerprint density at radius 2 is 1.24 bits per heavy atom. The second-order valence-corrected chi connectivity index (χ2v) is 10.4. The summed E-state index contributed by atoms with van der Waals surface area (Å²) in [4.78, 5) is 0. The molecule has 0 radical (unpaired) electrons. The van der Waals surface area contributed by atoms with Crippen molar-refractivity contribution in [1.82, 2.24) is 0 Å². The van der Waals surface area contributed by atoms with E-state index in [9.17, 15) is 5.11 Å². The molecule has 0 aromatic heterocycles. The Bertz CT molecular complexity index is 1360. The van der Waals surface area contributed by atoms with E-state index in [4.69, 9.17) is 14.2 Å². The molecular weight excluding hydrogens is 460 g/mol. The molecule has 1 aliphatic heterocycles. The zero-order chi connectivity index (χ0) is 24.8. The summed E-state index contributed by atoms with van der Waals surface area (Å²) in [6, 6.07) is 34.6. The molecule has 0 spiro atoms. The number of hydrogen-bond acceptors (Lipinski definition) is 4. The highest BCUT2D eigenvalue weighted by atomic mass is 16.6. The van der Waals surface area contributed by atoms with Gasteiger partial charge in [-0.05, 0) is 76.4 Å². The largest absolute Gasteiger partial charge is 0.494 e. The summed E-state index contributed by atoms with van der Waals surface area (Å²) in [5.74, 6) is 2.12. The first-order valence-corrected chi connectivity index (χ1v) is 13.2. The van der Waals surface area contributed by atoms with Crippen LogP contribution >= 0.6 is 0 Å². The molecule has 186 valence electrons. The van der Waals surface area contributed by atoms with Crippen molar-refractivity contribution in [3.63, 3.8) is 0 Å². The maximum atomic E-state index is 9.58. The van der Waals surface area contributed by atoms with Crippen LogP contribution in [-0.4, -0.2) is 37.1 Å². The zero-order valence-corrected chi connectivity index (χ0v) is 20.7. The third-order valence-corrected chi connectivity index (χ3v) is 8.01. The number of benzene rings is 4. The maximum absolute atomic E-state index is 9.58. The van der Waals surface area contributed by atoms with Crippen LogP contribution in [0.3, 0.4) is 0 Å². The van der Waals surface area contributed by atoms with Gasteiger partial charge in [0.15, 0.2) is 0 Å². The smallest absolute Gasteiger partial charge is 0.119 e. The van der Waals surface area contributed by atoms with Crippen molar-refractivity contribution in [2.45, 2.75) is 30.5 Å². The Morgan fingerprint density at radius 1 is 0.730 bits per heavy atom. The summed E-state index contributed by atoms with van der Waals surface area (Å²) in [5, 5.41) is 9.58. The molecular formula is C33H30O4. The van der Waals surface area contributed by atoms with E-state index in [1.54, 1.807) is 0 Å². The second kappa shape index (κ2) is 9.05. The summed E-state index contributed by atoms with van der Waals surface area (Å²) in [6.07, 6.45) is 1.90. The van der Waals surface area contributed by atoms with E-state index in [0.717, 1.165) is 30.9 Å². The summed E-state index contributed by atoms with van der Waals surface area (Å²) in [7, 11) is 0. The van der Waals surface area contributed by atoms with E-state index >= 15 is 0 Å². The number of epoxide rings is 1. The summed E-state index contributed by atoms with van der Waals surface area (Å²) in [5.41, 5.74) is 7.08. The Kier molecular flexibility index (Phi) is 5.53. The van der Waals surface area contributed by atoms with E-state index in [2.05, 4.69) is 97.1 Å². The molecule has 3 aliphatic rings. The van der Waals surface area contributed by atoms with Crippen LogP contribution in [0.4, 0.5) is 0 Å². The molecule has 4 aromatic carbocycles. The fourth-order valence-electron chi connectivity index (χ4n) is 5.85. The predicted molar refractivity (Wildman–Crippen MR) is 143 cm³/mol. The predicted octanol–water partition coefficient (Wildman–Crippen LogP) is 5.98. The Morgan fingerprint density at radius 3 is 1.76 bits per heavy atom. The van der Waals surface area contributed by atoms with Crippen molar-refractivity contribution in [2.24, 2.45) is 5.92 Å². The summed E-state index contributed by atoms with van der Waals surface area (Å²) >= 11 is 0. The number of ether oxygens (including phenoxy) is 3. The lowest BCUT2D eigenvalue weighted by molar-refractivity contribution is 0.238. The third-order valence-electron chi connectivity index (χ3n) is 8.01. The lowest BCUT2D eigenvalue weighted by Crippen LogP contribution is -2.28. The number of hydrogen-bond donors (Lipinski definition) is 1. The molecule has 1 saturated heterocycles. The third kappa shape index (κ3) is 4.01. The van der Waals surface area contributed by atoms with Crippen LogP contribution < -0.4 is 9.47 Å². The van der Waals surface area contributed by atoms with Gasteiger partial charge < -0.3 is 19.3 Å². The maximum Gasteiger partial charge on any atom is 0.119 e. The zero-order valence-electron chi connectivity index (χ0n) is 20.7. The molecule has 3 unspecified atom stereocenters. The minimum absolute atomic E-state index is 0.132. The van der Waals surface area contributed by atoms with E-state index in [1.807, 2.05) is 0 Å². The van der Waals surface area contributed by atoms with Crippen molar-refractivity contribution < 1.29 is 19.3 Å². The molecule has 4 nitrogen and oxygen atoms in total. The van der Waals surface area contributed by atoms with Gasteiger partial charge >= 0.3 is 0 Å². The van der Waals surface area contributed by atoms with Crippen molar-refractivity contribution in [2.75, 3.05) is 19.8 Å². The molecule has 1 saturated carbocycles. The van der Waals surface area contributed by atoms with Gasteiger partial charge in [0, 0.05) is 0 Å². The van der Waals surface area contributed by atoms with Crippen LogP contribution in [0, 0.1) is 5.92 Å². The molecule has 4 heteroatoms. The normalized spacial score (nSPS) is 22.1. The lowest BCUT2D eigenvalue weighted by Gasteiger charge is -2.34. The molecule has 2 fully saturated rings. The average Bonchev–Trinajstić information content (AvgIpc) is 3.88. The van der Waals surface area contributed by atoms with Crippen molar-refractivity contribution in [3.8, 4) is 22.6 Å². The standard InChI is InChI=1S/C33H30O4/c34-32-19-22(32)17-18-35-25-13-9-23(10-14-25)33(24-11-15-26(16-12-24)36-20-27-21-37-27)30-7-3-1-5-28(30)29-6-2-4-8-31(29)33/h1-16,22,27,32,34H,17-21H2. The SMILES string of the molecule is OC1CC1CCOc1ccc(C2(c3ccc(OCC4CO4)cc3)c3ccccc3-c3ccccc32)cc1. The minimum atomic E-state index is -0.442. The van der Waals surface area contributed by atoms with Crippen molar-refractivity contribution in [1.29, 1.82) is 0 Å². The van der Waals surface area contributed by atoms with Gasteiger partial charge in [-0.15, -0.1) is 0 Å². The van der Waals surface area contributed by atoms with Crippen LogP contribution in [-0.2, 0) is 10.2 Å². The molecule has 7 rings (SSSR count). The molecule has 0 bridgehead atoms. The van der Waals surface area contributed by atoms with E-state index in [-0.39, 0.29) is 12.2 Å². The van der Waals surface area contributed by atoms with Gasteiger partial charge in [0.1, 0.15) is 24.2 Å². The first-order valence-electron chi connectivity index (χ1n) is 13.2. The minimum Gasteiger partial charge on any atom is -0.494 e. The number of rotatable bonds is 9. The molecule has 1 N–H and O–H groups in total. The van der Waals surface area contributed by atoms with Gasteiger partial charge in [-0.3, -0.25) is 0 Å². The van der Waals surface area contributed by atoms with Crippen LogP contribution in [0.2, 0.25) is 0 Å². The van der Waals surface area contributed by atoms with Gasteiger partial charge in [0.2, 0.25) is 0 Å². The summed E-state index contributed by atoms with van der Waals surface area (Å²) in [6.45, 7) is 2.01. The fourth-order valence-corrected chi connectivity index (χ4v) is 5.85. The van der Waals surface area contributed by atoms with Gasteiger partial charge in [-0.1, -0.05) is 72.8 Å². The first-order chi connectivity index (χ1) is 18.2. The van der Waals surface area contributed by atoms with Crippen LogP contribution in [0.15, 0.2) is 97.1 Å². The van der Waals surface area contributed by atoms with Crippen LogP contribution in [0.1, 0.15) is 35.1 Å². The van der Waals surface area contributed by atoms with E-state index in [1.165, 1.54) is 33.4 Å². The van der Waals surface area contributed by atoms with Crippen LogP contribution in [0.5, 0.6) is 11.5 Å². The Labute approximate surface area is 217 Å². The molecule has 37 heavy (non-hydrogen) atoms. The number of fused-ring (bicyclic) bond motifs is 3. The number of aliphatic hydroxyl groups is 1. The van der Waals surface area contributed by atoms with Crippen molar-refractivity contribution in [3.05, 3.63) is 119 Å². The first kappa shape index (κ1) is 22.6. The van der Waals surface area contributed by atoms with E-state index in [0.29, 0.717) is 19.1 Å². The van der Waals surface area contributed by atoms with Crippen LogP contribution in [0.25, 0.3) is 11.1 Å². The lowest BCUT2D eigenvalue weighted by atomic mass is 9.68. The van der Waals surface area contributed by atoms with Gasteiger partial charge in [-0.2, -0.15) is 0 Å². The summed E-state index contributed by atoms with van der Waals surface area (Å²) < 4.78 is 17.3. The molecule has 2 aliphatic carbocycles. The fraction of sp³-hybridized carbons (Fsp3) is 0.273. The number of aliphatic hydroxyl groups excluding tert-OH is 1. The Hall–Kier alpha value is -3.60. The van der Waals surface area contributed by atoms with Crippen molar-refractivity contribution >= 4 is 0 Å². The molecule has 3 atom stereocenters. The van der Waals surface area contributed by atoms with Gasteiger partial charge in [-0.25, -0.2) is 0 Å². The second-order valence-electron chi connectivity index (χ2n) is 10.4. The molecule has 4 aromatic rings. The molecule has 1 heterocycles. The van der Waals surface area contributed by atoms with Gasteiger partial charge in [0.25, 0.3) is 0 Å². The highest BCUT2D eigenvalue weighted by Gasteiger charge is 2.45. The average molecular weight is 491 g/mol. The highest BCUT2D eigenvalue weighted by molar-refractivity contribution is 5.86. The quantitative estimate of drug-likeness (QED) is 0.258. The molecule has 0 amide bonds.